The third-order valence-corrected chi connectivity index (χ3v) is 4.94. The average Bonchev–Trinajstić information content (AvgIpc) is 3.05. The van der Waals surface area contributed by atoms with Crippen molar-refractivity contribution >= 4 is 17.5 Å². The van der Waals surface area contributed by atoms with Gasteiger partial charge in [0.1, 0.15) is 0 Å². The number of benzene rings is 2. The lowest BCUT2D eigenvalue weighted by molar-refractivity contribution is -0.138. The minimum absolute atomic E-state index is 0.102. The Hall–Kier alpha value is -2.59. The minimum Gasteiger partial charge on any atom is -0.341 e. The van der Waals surface area contributed by atoms with Gasteiger partial charge in [0.05, 0.1) is 12.2 Å². The van der Waals surface area contributed by atoms with E-state index in [4.69, 9.17) is 16.7 Å². The van der Waals surface area contributed by atoms with Gasteiger partial charge in [0, 0.05) is 41.4 Å². The highest BCUT2D eigenvalue weighted by molar-refractivity contribution is 6.31. The van der Waals surface area contributed by atoms with Gasteiger partial charge in [0.2, 0.25) is 5.91 Å². The van der Waals surface area contributed by atoms with Crippen molar-refractivity contribution in [2.45, 2.75) is 33.9 Å². The van der Waals surface area contributed by atoms with Crippen LogP contribution in [-0.2, 0) is 17.9 Å². The number of halogens is 1. The molecule has 28 heavy (non-hydrogen) atoms. The molecule has 1 aromatic heterocycles. The van der Waals surface area contributed by atoms with Crippen LogP contribution in [0.25, 0.3) is 11.3 Å². The number of carbonyl (C=O) groups excluding carboxylic acids is 1. The van der Waals surface area contributed by atoms with Gasteiger partial charge < -0.3 is 4.90 Å². The topological polar surface area (TPSA) is 38.1 Å². The lowest BCUT2D eigenvalue weighted by atomic mass is 9.94. The molecule has 3 rings (SSSR count). The number of rotatable bonds is 5. The van der Waals surface area contributed by atoms with E-state index >= 15 is 0 Å². The Kier molecular flexibility index (Phi) is 5.90. The molecular formula is C23H26ClN3O. The summed E-state index contributed by atoms with van der Waals surface area (Å²) >= 11 is 6.32. The van der Waals surface area contributed by atoms with E-state index in [0.29, 0.717) is 13.1 Å². The Labute approximate surface area is 171 Å². The van der Waals surface area contributed by atoms with Crippen molar-refractivity contribution in [2.75, 3.05) is 7.05 Å². The molecule has 0 N–H and O–H groups in total. The molecule has 0 aliphatic heterocycles. The fourth-order valence-corrected chi connectivity index (χ4v) is 3.39. The summed E-state index contributed by atoms with van der Waals surface area (Å²) in [7, 11) is 1.84. The zero-order valence-electron chi connectivity index (χ0n) is 16.8. The third-order valence-electron chi connectivity index (χ3n) is 4.57. The van der Waals surface area contributed by atoms with E-state index in [1.165, 1.54) is 0 Å². The molecule has 0 fully saturated rings. The predicted octanol–water partition coefficient (Wildman–Crippen LogP) is 5.26. The fourth-order valence-electron chi connectivity index (χ4n) is 3.20. The van der Waals surface area contributed by atoms with Gasteiger partial charge in [-0.05, 0) is 11.6 Å². The van der Waals surface area contributed by atoms with E-state index in [1.807, 2.05) is 93.3 Å². The zero-order valence-corrected chi connectivity index (χ0v) is 17.6. The third kappa shape index (κ3) is 4.63. The first kappa shape index (κ1) is 20.2. The lowest BCUT2D eigenvalue weighted by Crippen LogP contribution is -2.36. The fraction of sp³-hybridized carbons (Fsp3) is 0.304. The number of aromatic nitrogens is 2. The van der Waals surface area contributed by atoms with Crippen molar-refractivity contribution < 1.29 is 4.79 Å². The maximum atomic E-state index is 12.6. The smallest absolute Gasteiger partial charge is 0.227 e. The SMILES string of the molecule is CN(Cc1cn(Cc2ccccc2Cl)nc1-c1ccccc1)C(=O)C(C)(C)C. The van der Waals surface area contributed by atoms with Crippen molar-refractivity contribution in [1.82, 2.24) is 14.7 Å². The van der Waals surface area contributed by atoms with E-state index in [-0.39, 0.29) is 5.91 Å². The second-order valence-corrected chi connectivity index (χ2v) is 8.48. The summed E-state index contributed by atoms with van der Waals surface area (Å²) in [6, 6.07) is 17.8. The molecule has 0 spiro atoms. The molecule has 0 saturated carbocycles. The summed E-state index contributed by atoms with van der Waals surface area (Å²) in [6.45, 7) is 6.89. The molecule has 0 bridgehead atoms. The van der Waals surface area contributed by atoms with E-state index < -0.39 is 5.41 Å². The second-order valence-electron chi connectivity index (χ2n) is 8.07. The first-order valence-corrected chi connectivity index (χ1v) is 9.74. The molecule has 0 radical (unpaired) electrons. The Morgan fingerprint density at radius 3 is 2.32 bits per heavy atom. The Morgan fingerprint density at radius 1 is 1.04 bits per heavy atom. The van der Waals surface area contributed by atoms with E-state index in [1.54, 1.807) is 4.90 Å². The highest BCUT2D eigenvalue weighted by Crippen LogP contribution is 2.26. The van der Waals surface area contributed by atoms with Gasteiger partial charge in [0.25, 0.3) is 0 Å². The Bertz CT molecular complexity index is 957. The quantitative estimate of drug-likeness (QED) is 0.591. The Balaban J connectivity index is 1.94. The minimum atomic E-state index is -0.421. The monoisotopic (exact) mass is 395 g/mol. The predicted molar refractivity (Wildman–Crippen MR) is 114 cm³/mol. The van der Waals surface area contributed by atoms with Gasteiger partial charge in [-0.3, -0.25) is 9.48 Å². The molecule has 2 aromatic carbocycles. The normalized spacial score (nSPS) is 11.5. The highest BCUT2D eigenvalue weighted by atomic mass is 35.5. The molecule has 1 heterocycles. The summed E-state index contributed by atoms with van der Waals surface area (Å²) < 4.78 is 1.90. The van der Waals surface area contributed by atoms with Crippen LogP contribution in [0.3, 0.4) is 0 Å². The van der Waals surface area contributed by atoms with Crippen LogP contribution in [0.2, 0.25) is 5.02 Å². The van der Waals surface area contributed by atoms with Crippen LogP contribution in [0.15, 0.2) is 60.8 Å². The number of hydrogen-bond donors (Lipinski definition) is 0. The van der Waals surface area contributed by atoms with Crippen LogP contribution in [0.5, 0.6) is 0 Å². The maximum absolute atomic E-state index is 12.6. The van der Waals surface area contributed by atoms with Crippen molar-refractivity contribution in [2.24, 2.45) is 5.41 Å². The van der Waals surface area contributed by atoms with Crippen molar-refractivity contribution in [3.8, 4) is 11.3 Å². The van der Waals surface area contributed by atoms with Crippen LogP contribution in [0.4, 0.5) is 0 Å². The summed E-state index contributed by atoms with van der Waals surface area (Å²) in [4.78, 5) is 14.4. The molecule has 5 heteroatoms. The molecule has 0 aliphatic carbocycles. The number of hydrogen-bond acceptors (Lipinski definition) is 2. The van der Waals surface area contributed by atoms with Gasteiger partial charge in [-0.1, -0.05) is 80.9 Å². The maximum Gasteiger partial charge on any atom is 0.227 e. The van der Waals surface area contributed by atoms with Crippen LogP contribution in [0.1, 0.15) is 31.9 Å². The van der Waals surface area contributed by atoms with E-state index in [0.717, 1.165) is 27.4 Å². The van der Waals surface area contributed by atoms with Crippen LogP contribution < -0.4 is 0 Å². The number of nitrogens with zero attached hydrogens (tertiary/aromatic N) is 3. The van der Waals surface area contributed by atoms with Gasteiger partial charge in [0.15, 0.2) is 0 Å². The molecule has 0 atom stereocenters. The molecule has 0 unspecified atom stereocenters. The van der Waals surface area contributed by atoms with Gasteiger partial charge >= 0.3 is 0 Å². The summed E-state index contributed by atoms with van der Waals surface area (Å²) in [5.41, 5.74) is 3.53. The summed E-state index contributed by atoms with van der Waals surface area (Å²) in [5.74, 6) is 0.102. The molecule has 0 aliphatic rings. The summed E-state index contributed by atoms with van der Waals surface area (Å²) in [6.07, 6.45) is 2.01. The van der Waals surface area contributed by atoms with Crippen LogP contribution in [0, 0.1) is 5.41 Å². The first-order valence-electron chi connectivity index (χ1n) is 9.36. The molecule has 146 valence electrons. The van der Waals surface area contributed by atoms with Crippen LogP contribution >= 0.6 is 11.6 Å². The Morgan fingerprint density at radius 2 is 1.68 bits per heavy atom. The van der Waals surface area contributed by atoms with Crippen molar-refractivity contribution in [1.29, 1.82) is 0 Å². The second kappa shape index (κ2) is 8.19. The van der Waals surface area contributed by atoms with Gasteiger partial charge in [-0.15, -0.1) is 0 Å². The van der Waals surface area contributed by atoms with E-state index in [9.17, 15) is 4.79 Å². The van der Waals surface area contributed by atoms with Gasteiger partial charge in [-0.2, -0.15) is 5.10 Å². The first-order chi connectivity index (χ1) is 13.3. The molecule has 1 amide bonds. The molecule has 0 saturated heterocycles. The lowest BCUT2D eigenvalue weighted by Gasteiger charge is -2.25. The number of carbonyl (C=O) groups is 1. The standard InChI is InChI=1S/C23H26ClN3O/c1-23(2,3)22(28)26(4)14-19-16-27(15-18-12-8-9-13-20(18)24)25-21(19)17-10-6-5-7-11-17/h5-13,16H,14-15H2,1-4H3. The molecule has 4 nitrogen and oxygen atoms in total. The highest BCUT2D eigenvalue weighted by Gasteiger charge is 2.26. The van der Waals surface area contributed by atoms with Gasteiger partial charge in [-0.25, -0.2) is 0 Å². The van der Waals surface area contributed by atoms with Crippen molar-refractivity contribution in [3.05, 3.63) is 76.9 Å². The molecular weight excluding hydrogens is 370 g/mol. The van der Waals surface area contributed by atoms with Crippen LogP contribution in [-0.4, -0.2) is 27.6 Å². The average molecular weight is 396 g/mol. The zero-order chi connectivity index (χ0) is 20.3. The van der Waals surface area contributed by atoms with E-state index in [2.05, 4.69) is 0 Å². The van der Waals surface area contributed by atoms with Crippen molar-refractivity contribution in [3.63, 3.8) is 0 Å². The largest absolute Gasteiger partial charge is 0.341 e. The summed E-state index contributed by atoms with van der Waals surface area (Å²) in [5, 5.41) is 5.53. The molecule has 3 aromatic rings. The number of amides is 1.